The third kappa shape index (κ3) is 1.59. The Hall–Kier alpha value is -1.16. The van der Waals surface area contributed by atoms with E-state index in [2.05, 4.69) is 15.2 Å². The van der Waals surface area contributed by atoms with Crippen LogP contribution >= 0.6 is 11.6 Å². The number of hydrogen-bond acceptors (Lipinski definition) is 3. The number of aromatic nitrogens is 4. The molecule has 78 valence electrons. The Bertz CT molecular complexity index is 489. The molecule has 0 unspecified atom stereocenters. The summed E-state index contributed by atoms with van der Waals surface area (Å²) in [7, 11) is 0. The van der Waals surface area contributed by atoms with E-state index in [4.69, 9.17) is 11.6 Å². The fourth-order valence-corrected chi connectivity index (χ4v) is 2.05. The summed E-state index contributed by atoms with van der Waals surface area (Å²) in [5.41, 5.74) is 0.782. The lowest BCUT2D eigenvalue weighted by molar-refractivity contribution is 0.308. The molecule has 1 aliphatic carbocycles. The van der Waals surface area contributed by atoms with Crippen LogP contribution in [-0.4, -0.2) is 19.6 Å². The van der Waals surface area contributed by atoms with Crippen molar-refractivity contribution in [1.29, 1.82) is 0 Å². The van der Waals surface area contributed by atoms with Gasteiger partial charge in [-0.15, -0.1) is 10.2 Å². The molecule has 0 aromatic carbocycles. The molecule has 0 radical (unpaired) electrons. The molecule has 0 amide bonds. The van der Waals surface area contributed by atoms with Gasteiger partial charge in [0.1, 0.15) is 17.3 Å². The molecule has 4 nitrogen and oxygen atoms in total. The average molecular weight is 223 g/mol. The van der Waals surface area contributed by atoms with Crippen LogP contribution in [0.25, 0.3) is 5.65 Å². The SMILES string of the molecule is Clc1cc2nnc(CC3CCC3)n2cn1. The van der Waals surface area contributed by atoms with Crippen molar-refractivity contribution in [2.75, 3.05) is 0 Å². The van der Waals surface area contributed by atoms with Crippen LogP contribution in [0.5, 0.6) is 0 Å². The highest BCUT2D eigenvalue weighted by molar-refractivity contribution is 6.29. The molecule has 0 spiro atoms. The quantitative estimate of drug-likeness (QED) is 0.731. The first-order chi connectivity index (χ1) is 7.33. The number of halogens is 1. The molecule has 2 aromatic heterocycles. The van der Waals surface area contributed by atoms with E-state index in [0.717, 1.165) is 23.8 Å². The molecule has 0 atom stereocenters. The Morgan fingerprint density at radius 1 is 1.40 bits per heavy atom. The third-order valence-corrected chi connectivity index (χ3v) is 3.24. The van der Waals surface area contributed by atoms with Gasteiger partial charge < -0.3 is 0 Å². The summed E-state index contributed by atoms with van der Waals surface area (Å²) in [6.07, 6.45) is 6.69. The Morgan fingerprint density at radius 2 is 2.27 bits per heavy atom. The zero-order valence-electron chi connectivity index (χ0n) is 8.23. The molecule has 0 saturated heterocycles. The Morgan fingerprint density at radius 3 is 3.00 bits per heavy atom. The summed E-state index contributed by atoms with van der Waals surface area (Å²) in [5, 5.41) is 8.72. The molecule has 2 heterocycles. The number of rotatable bonds is 2. The normalized spacial score (nSPS) is 16.9. The monoisotopic (exact) mass is 222 g/mol. The second-order valence-electron chi connectivity index (χ2n) is 4.06. The summed E-state index contributed by atoms with van der Waals surface area (Å²) >= 11 is 5.78. The highest BCUT2D eigenvalue weighted by Gasteiger charge is 2.20. The zero-order valence-corrected chi connectivity index (χ0v) is 8.98. The van der Waals surface area contributed by atoms with Crippen molar-refractivity contribution in [3.05, 3.63) is 23.4 Å². The van der Waals surface area contributed by atoms with E-state index < -0.39 is 0 Å². The summed E-state index contributed by atoms with van der Waals surface area (Å²) < 4.78 is 1.92. The van der Waals surface area contributed by atoms with Gasteiger partial charge in [0.2, 0.25) is 0 Å². The molecule has 3 rings (SSSR count). The maximum Gasteiger partial charge on any atom is 0.165 e. The van der Waals surface area contributed by atoms with E-state index in [1.807, 2.05) is 4.40 Å². The molecular formula is C10H11ClN4. The lowest BCUT2D eigenvalue weighted by Gasteiger charge is -2.24. The van der Waals surface area contributed by atoms with Gasteiger partial charge in [-0.2, -0.15) is 0 Å². The Labute approximate surface area is 92.3 Å². The molecule has 2 aromatic rings. The zero-order chi connectivity index (χ0) is 10.3. The van der Waals surface area contributed by atoms with Crippen LogP contribution in [0.2, 0.25) is 5.15 Å². The second-order valence-corrected chi connectivity index (χ2v) is 4.44. The number of hydrogen-bond donors (Lipinski definition) is 0. The summed E-state index contributed by atoms with van der Waals surface area (Å²) in [6, 6.07) is 1.73. The number of fused-ring (bicyclic) bond motifs is 1. The van der Waals surface area contributed by atoms with Gasteiger partial charge in [-0.3, -0.25) is 4.40 Å². The van der Waals surface area contributed by atoms with Crippen molar-refractivity contribution < 1.29 is 0 Å². The second kappa shape index (κ2) is 3.45. The fourth-order valence-electron chi connectivity index (χ4n) is 1.91. The van der Waals surface area contributed by atoms with Gasteiger partial charge in [-0.05, 0) is 5.92 Å². The standard InChI is InChI=1S/C10H11ClN4/c11-8-5-10-14-13-9(15(10)6-12-8)4-7-2-1-3-7/h5-7H,1-4H2. The third-order valence-electron chi connectivity index (χ3n) is 3.03. The maximum absolute atomic E-state index is 5.78. The molecule has 0 aliphatic heterocycles. The van der Waals surface area contributed by atoms with Gasteiger partial charge in [0.15, 0.2) is 5.65 Å². The molecule has 15 heavy (non-hydrogen) atoms. The highest BCUT2D eigenvalue weighted by Crippen LogP contribution is 2.29. The van der Waals surface area contributed by atoms with Crippen molar-refractivity contribution in [1.82, 2.24) is 19.6 Å². The van der Waals surface area contributed by atoms with E-state index in [1.165, 1.54) is 19.3 Å². The minimum absolute atomic E-state index is 0.463. The number of nitrogens with zero attached hydrogens (tertiary/aromatic N) is 4. The average Bonchev–Trinajstić information content (AvgIpc) is 2.54. The molecule has 1 saturated carbocycles. The van der Waals surface area contributed by atoms with Crippen LogP contribution in [0.15, 0.2) is 12.4 Å². The summed E-state index contributed by atoms with van der Waals surface area (Å²) in [4.78, 5) is 4.04. The van der Waals surface area contributed by atoms with Gasteiger partial charge in [-0.1, -0.05) is 30.9 Å². The van der Waals surface area contributed by atoms with Crippen LogP contribution in [-0.2, 0) is 6.42 Å². The van der Waals surface area contributed by atoms with E-state index in [-0.39, 0.29) is 0 Å². The predicted octanol–water partition coefficient (Wildman–Crippen LogP) is 2.12. The topological polar surface area (TPSA) is 43.1 Å². The van der Waals surface area contributed by atoms with Gasteiger partial charge in [0.25, 0.3) is 0 Å². The molecule has 1 aliphatic rings. The van der Waals surface area contributed by atoms with Gasteiger partial charge >= 0.3 is 0 Å². The molecule has 0 N–H and O–H groups in total. The predicted molar refractivity (Wildman–Crippen MR) is 56.8 cm³/mol. The van der Waals surface area contributed by atoms with Crippen LogP contribution in [0.4, 0.5) is 0 Å². The van der Waals surface area contributed by atoms with Gasteiger partial charge in [0, 0.05) is 12.5 Å². The van der Waals surface area contributed by atoms with E-state index in [1.54, 1.807) is 12.4 Å². The first-order valence-electron chi connectivity index (χ1n) is 5.18. The van der Waals surface area contributed by atoms with Crippen LogP contribution < -0.4 is 0 Å². The Balaban J connectivity index is 1.96. The first-order valence-corrected chi connectivity index (χ1v) is 5.56. The Kier molecular flexibility index (Phi) is 2.09. The molecule has 1 fully saturated rings. The summed E-state index contributed by atoms with van der Waals surface area (Å²) in [6.45, 7) is 0. The summed E-state index contributed by atoms with van der Waals surface area (Å²) in [5.74, 6) is 1.78. The van der Waals surface area contributed by atoms with Crippen LogP contribution in [0.3, 0.4) is 0 Å². The highest BCUT2D eigenvalue weighted by atomic mass is 35.5. The van der Waals surface area contributed by atoms with Gasteiger partial charge in [0.05, 0.1) is 0 Å². The van der Waals surface area contributed by atoms with Gasteiger partial charge in [-0.25, -0.2) is 4.98 Å². The first kappa shape index (κ1) is 9.09. The smallest absolute Gasteiger partial charge is 0.165 e. The van der Waals surface area contributed by atoms with Crippen LogP contribution in [0, 0.1) is 5.92 Å². The van der Waals surface area contributed by atoms with Crippen LogP contribution in [0.1, 0.15) is 25.1 Å². The molecule has 0 bridgehead atoms. The van der Waals surface area contributed by atoms with E-state index in [0.29, 0.717) is 5.15 Å². The lowest BCUT2D eigenvalue weighted by Crippen LogP contribution is -2.15. The van der Waals surface area contributed by atoms with E-state index >= 15 is 0 Å². The largest absolute Gasteiger partial charge is 0.269 e. The fraction of sp³-hybridized carbons (Fsp3) is 0.500. The van der Waals surface area contributed by atoms with Crippen molar-refractivity contribution in [3.63, 3.8) is 0 Å². The van der Waals surface area contributed by atoms with E-state index in [9.17, 15) is 0 Å². The maximum atomic E-state index is 5.78. The lowest BCUT2D eigenvalue weighted by atomic mass is 9.83. The molecular weight excluding hydrogens is 212 g/mol. The minimum Gasteiger partial charge on any atom is -0.269 e. The van der Waals surface area contributed by atoms with Crippen molar-refractivity contribution in [2.24, 2.45) is 5.92 Å². The van der Waals surface area contributed by atoms with Crippen molar-refractivity contribution in [2.45, 2.75) is 25.7 Å². The minimum atomic E-state index is 0.463. The van der Waals surface area contributed by atoms with Crippen molar-refractivity contribution >= 4 is 17.2 Å². The molecule has 5 heteroatoms. The van der Waals surface area contributed by atoms with Crippen molar-refractivity contribution in [3.8, 4) is 0 Å².